The normalized spacial score (nSPS) is 13.5. The fourth-order valence-corrected chi connectivity index (χ4v) is 2.85. The van der Waals surface area contributed by atoms with Crippen LogP contribution < -0.4 is 0 Å². The summed E-state index contributed by atoms with van der Waals surface area (Å²) in [4.78, 5) is 7.64. The van der Waals surface area contributed by atoms with Gasteiger partial charge in [-0.15, -0.1) is 11.3 Å². The summed E-state index contributed by atoms with van der Waals surface area (Å²) < 4.78 is 37.7. The zero-order valence-corrected chi connectivity index (χ0v) is 11.3. The highest BCUT2D eigenvalue weighted by Crippen LogP contribution is 2.37. The van der Waals surface area contributed by atoms with Gasteiger partial charge in [-0.1, -0.05) is 18.2 Å². The summed E-state index contributed by atoms with van der Waals surface area (Å²) in [5.41, 5.74) is 1.19. The molecule has 2 aromatic heterocycles. The van der Waals surface area contributed by atoms with Crippen LogP contribution in [0, 0.1) is 0 Å². The molecule has 3 rings (SSSR count). The standard InChI is InChI=1S/C14H9F3N2OS/c15-14(16,17)13-19-7-11(21-13)12(20)9-3-1-5-10-8(9)4-2-6-18-10/h1-7,12,20H. The Morgan fingerprint density at radius 3 is 2.62 bits per heavy atom. The third-order valence-corrected chi connectivity index (χ3v) is 4.10. The van der Waals surface area contributed by atoms with Crippen molar-refractivity contribution in [1.29, 1.82) is 0 Å². The van der Waals surface area contributed by atoms with E-state index in [4.69, 9.17) is 0 Å². The first-order valence-corrected chi connectivity index (χ1v) is 6.83. The Morgan fingerprint density at radius 2 is 1.90 bits per heavy atom. The average molecular weight is 310 g/mol. The third-order valence-electron chi connectivity index (χ3n) is 3.01. The summed E-state index contributed by atoms with van der Waals surface area (Å²) >= 11 is 0.445. The lowest BCUT2D eigenvalue weighted by atomic mass is 10.0. The van der Waals surface area contributed by atoms with E-state index in [1.807, 2.05) is 0 Å². The first-order chi connectivity index (χ1) is 9.97. The maximum atomic E-state index is 12.6. The molecule has 0 radical (unpaired) electrons. The molecule has 0 saturated heterocycles. The summed E-state index contributed by atoms with van der Waals surface area (Å²) in [5.74, 6) is 0. The minimum Gasteiger partial charge on any atom is -0.383 e. The van der Waals surface area contributed by atoms with Crippen LogP contribution in [0.4, 0.5) is 13.2 Å². The molecule has 0 aliphatic rings. The van der Waals surface area contributed by atoms with Crippen molar-refractivity contribution in [3.63, 3.8) is 0 Å². The van der Waals surface area contributed by atoms with Gasteiger partial charge >= 0.3 is 6.18 Å². The molecule has 1 aromatic carbocycles. The number of thiazole rings is 1. The number of hydrogen-bond donors (Lipinski definition) is 1. The molecule has 1 atom stereocenters. The number of hydrogen-bond acceptors (Lipinski definition) is 4. The number of rotatable bonds is 2. The van der Waals surface area contributed by atoms with Crippen molar-refractivity contribution in [2.75, 3.05) is 0 Å². The molecule has 0 bridgehead atoms. The van der Waals surface area contributed by atoms with Gasteiger partial charge in [0.1, 0.15) is 6.10 Å². The molecule has 0 saturated carbocycles. The number of aliphatic hydroxyl groups excluding tert-OH is 1. The highest BCUT2D eigenvalue weighted by molar-refractivity contribution is 7.11. The molecule has 1 N–H and O–H groups in total. The lowest BCUT2D eigenvalue weighted by molar-refractivity contribution is -0.137. The second kappa shape index (κ2) is 5.09. The Morgan fingerprint density at radius 1 is 1.10 bits per heavy atom. The molecule has 0 spiro atoms. The number of fused-ring (bicyclic) bond motifs is 1. The van der Waals surface area contributed by atoms with Gasteiger partial charge in [0.25, 0.3) is 0 Å². The Kier molecular flexibility index (Phi) is 3.38. The smallest absolute Gasteiger partial charge is 0.383 e. The summed E-state index contributed by atoms with van der Waals surface area (Å²) in [6, 6.07) is 8.64. The molecule has 2 heterocycles. The van der Waals surface area contributed by atoms with E-state index in [1.165, 1.54) is 0 Å². The molecule has 1 unspecified atom stereocenters. The predicted octanol–water partition coefficient (Wildman–Crippen LogP) is 3.79. The maximum Gasteiger partial charge on any atom is 0.443 e. The van der Waals surface area contributed by atoms with Gasteiger partial charge in [0.2, 0.25) is 0 Å². The molecule has 0 aliphatic carbocycles. The monoisotopic (exact) mass is 310 g/mol. The zero-order valence-electron chi connectivity index (χ0n) is 10.5. The van der Waals surface area contributed by atoms with E-state index >= 15 is 0 Å². The number of benzene rings is 1. The first-order valence-electron chi connectivity index (χ1n) is 6.01. The van der Waals surface area contributed by atoms with Gasteiger partial charge in [-0.3, -0.25) is 4.98 Å². The maximum absolute atomic E-state index is 12.6. The van der Waals surface area contributed by atoms with Crippen LogP contribution in [-0.2, 0) is 6.18 Å². The van der Waals surface area contributed by atoms with Crippen molar-refractivity contribution < 1.29 is 18.3 Å². The highest BCUT2D eigenvalue weighted by atomic mass is 32.1. The van der Waals surface area contributed by atoms with Gasteiger partial charge in [-0.05, 0) is 17.7 Å². The molecule has 108 valence electrons. The summed E-state index contributed by atoms with van der Waals surface area (Å²) in [6.45, 7) is 0. The van der Waals surface area contributed by atoms with Crippen LogP contribution in [0.15, 0.2) is 42.7 Å². The number of aromatic nitrogens is 2. The van der Waals surface area contributed by atoms with Crippen molar-refractivity contribution in [1.82, 2.24) is 9.97 Å². The van der Waals surface area contributed by atoms with Gasteiger partial charge in [0.05, 0.1) is 10.4 Å². The van der Waals surface area contributed by atoms with Crippen LogP contribution in [0.1, 0.15) is 21.6 Å². The summed E-state index contributed by atoms with van der Waals surface area (Å²) in [7, 11) is 0. The van der Waals surface area contributed by atoms with E-state index < -0.39 is 17.3 Å². The topological polar surface area (TPSA) is 46.0 Å². The molecular formula is C14H9F3N2OS. The molecule has 0 fully saturated rings. The second-order valence-corrected chi connectivity index (χ2v) is 5.45. The van der Waals surface area contributed by atoms with Crippen LogP contribution in [0.2, 0.25) is 0 Å². The van der Waals surface area contributed by atoms with Crippen molar-refractivity contribution in [2.24, 2.45) is 0 Å². The fraction of sp³-hybridized carbons (Fsp3) is 0.143. The molecule has 3 aromatic rings. The summed E-state index contributed by atoms with van der Waals surface area (Å²) in [6.07, 6.45) is -2.98. The van der Waals surface area contributed by atoms with E-state index in [-0.39, 0.29) is 4.88 Å². The van der Waals surface area contributed by atoms with E-state index in [9.17, 15) is 18.3 Å². The van der Waals surface area contributed by atoms with Gasteiger partial charge < -0.3 is 5.11 Å². The van der Waals surface area contributed by atoms with Crippen LogP contribution in [0.3, 0.4) is 0 Å². The lowest BCUT2D eigenvalue weighted by Gasteiger charge is -2.11. The van der Waals surface area contributed by atoms with Crippen LogP contribution in [-0.4, -0.2) is 15.1 Å². The Balaban J connectivity index is 2.05. The predicted molar refractivity (Wildman–Crippen MR) is 72.9 cm³/mol. The Bertz CT molecular complexity index is 780. The number of pyridine rings is 1. The van der Waals surface area contributed by atoms with E-state index in [0.717, 1.165) is 6.20 Å². The molecule has 0 amide bonds. The van der Waals surface area contributed by atoms with Crippen molar-refractivity contribution in [3.8, 4) is 0 Å². The van der Waals surface area contributed by atoms with Gasteiger partial charge in [0.15, 0.2) is 5.01 Å². The summed E-state index contributed by atoms with van der Waals surface area (Å²) in [5, 5.41) is 10.1. The Hall–Kier alpha value is -1.99. The first kappa shape index (κ1) is 14.0. The van der Waals surface area contributed by atoms with Gasteiger partial charge in [-0.25, -0.2) is 4.98 Å². The fourth-order valence-electron chi connectivity index (χ4n) is 2.06. The number of alkyl halides is 3. The molecular weight excluding hydrogens is 301 g/mol. The number of nitrogens with zero attached hydrogens (tertiary/aromatic N) is 2. The van der Waals surface area contributed by atoms with Crippen molar-refractivity contribution in [2.45, 2.75) is 12.3 Å². The average Bonchev–Trinajstić information content (AvgIpc) is 2.96. The number of aliphatic hydroxyl groups is 1. The highest BCUT2D eigenvalue weighted by Gasteiger charge is 2.35. The minimum atomic E-state index is -4.50. The quantitative estimate of drug-likeness (QED) is 0.783. The Labute approximate surface area is 121 Å². The molecule has 7 heteroatoms. The lowest BCUT2D eigenvalue weighted by Crippen LogP contribution is -2.03. The van der Waals surface area contributed by atoms with Crippen molar-refractivity contribution in [3.05, 3.63) is 58.2 Å². The third kappa shape index (κ3) is 2.62. The van der Waals surface area contributed by atoms with E-state index in [2.05, 4.69) is 9.97 Å². The largest absolute Gasteiger partial charge is 0.443 e. The number of halogens is 3. The van der Waals surface area contributed by atoms with Crippen LogP contribution in [0.25, 0.3) is 10.9 Å². The molecule has 21 heavy (non-hydrogen) atoms. The van der Waals surface area contributed by atoms with E-state index in [0.29, 0.717) is 27.8 Å². The van der Waals surface area contributed by atoms with Crippen LogP contribution >= 0.6 is 11.3 Å². The molecule has 0 aliphatic heterocycles. The second-order valence-electron chi connectivity index (χ2n) is 4.39. The van der Waals surface area contributed by atoms with Crippen LogP contribution in [0.5, 0.6) is 0 Å². The SMILES string of the molecule is OC(c1cnc(C(F)(F)F)s1)c1cccc2ncccc12. The van der Waals surface area contributed by atoms with Crippen molar-refractivity contribution >= 4 is 22.2 Å². The zero-order chi connectivity index (χ0) is 15.0. The van der Waals surface area contributed by atoms with Gasteiger partial charge in [0, 0.05) is 17.8 Å². The van der Waals surface area contributed by atoms with Gasteiger partial charge in [-0.2, -0.15) is 13.2 Å². The van der Waals surface area contributed by atoms with E-state index in [1.54, 1.807) is 36.5 Å². The minimum absolute atomic E-state index is 0.152. The molecule has 3 nitrogen and oxygen atoms in total.